The predicted molar refractivity (Wildman–Crippen MR) is 93.1 cm³/mol. The Morgan fingerprint density at radius 1 is 1.15 bits per heavy atom. The molecule has 2 nitrogen and oxygen atoms in total. The Balaban J connectivity index is 2.07. The Bertz CT molecular complexity index is 644. The number of rotatable bonds is 4. The van der Waals surface area contributed by atoms with Gasteiger partial charge in [-0.05, 0) is 56.7 Å². The van der Waals surface area contributed by atoms with Crippen molar-refractivity contribution in [3.8, 4) is 5.75 Å². The van der Waals surface area contributed by atoms with Crippen LogP contribution in [0.15, 0.2) is 40.9 Å². The van der Waals surface area contributed by atoms with E-state index in [1.807, 2.05) is 12.1 Å². The number of benzene rings is 2. The van der Waals surface area contributed by atoms with Crippen molar-refractivity contribution in [1.82, 2.24) is 0 Å². The first-order valence-electron chi connectivity index (χ1n) is 5.53. The van der Waals surface area contributed by atoms with Crippen molar-refractivity contribution in [3.05, 3.63) is 60.0 Å². The fraction of sp³-hybridized carbons (Fsp3) is 0.0714. The molecule has 0 aromatic heterocycles. The number of hydrogen-bond acceptors (Lipinski definition) is 2. The summed E-state index contributed by atoms with van der Waals surface area (Å²) in [5.74, 6) is 0.273. The highest BCUT2D eigenvalue weighted by Gasteiger charge is 2.10. The molecule has 0 amide bonds. The Kier molecular flexibility index (Phi) is 5.72. The molecule has 0 saturated carbocycles. The lowest BCUT2D eigenvalue weighted by Gasteiger charge is -2.09. The van der Waals surface area contributed by atoms with E-state index in [-0.39, 0.29) is 12.4 Å². The van der Waals surface area contributed by atoms with Gasteiger partial charge in [-0.2, -0.15) is 0 Å². The second-order valence-corrected chi connectivity index (χ2v) is 6.83. The van der Waals surface area contributed by atoms with E-state index >= 15 is 0 Å². The maximum atomic E-state index is 12.0. The number of hydrogen-bond donors (Lipinski definition) is 0. The largest absolute Gasteiger partial charge is 0.484 e. The quantitative estimate of drug-likeness (QED) is 0.319. The molecule has 2 aromatic rings. The maximum absolute atomic E-state index is 12.0. The minimum absolute atomic E-state index is 0.0850. The van der Waals surface area contributed by atoms with Crippen molar-refractivity contribution < 1.29 is 9.53 Å². The molecule has 2 rings (SSSR count). The minimum Gasteiger partial charge on any atom is -0.484 e. The molecule has 0 aliphatic heterocycles. The molecule has 0 bridgehead atoms. The third-order valence-electron chi connectivity index (χ3n) is 2.50. The predicted octanol–water partition coefficient (Wildman–Crippen LogP) is 5.62. The molecule has 0 N–H and O–H groups in total. The number of ketones is 1. The van der Waals surface area contributed by atoms with Crippen LogP contribution >= 0.6 is 61.7 Å². The zero-order chi connectivity index (χ0) is 14.7. The van der Waals surface area contributed by atoms with Gasteiger partial charge in [-0.3, -0.25) is 4.79 Å². The summed E-state index contributed by atoms with van der Waals surface area (Å²) in [5.41, 5.74) is 0.602. The summed E-state index contributed by atoms with van der Waals surface area (Å²) in [6.07, 6.45) is 0. The van der Waals surface area contributed by atoms with E-state index in [9.17, 15) is 4.79 Å². The number of carbonyl (C=O) groups excluding carboxylic acids is 1. The molecule has 0 unspecified atom stereocenters. The zero-order valence-electron chi connectivity index (χ0n) is 10.00. The van der Waals surface area contributed by atoms with Gasteiger partial charge in [-0.25, -0.2) is 0 Å². The minimum atomic E-state index is -0.114. The van der Waals surface area contributed by atoms with Crippen LogP contribution in [-0.2, 0) is 0 Å². The first-order valence-corrected chi connectivity index (χ1v) is 8.16. The van der Waals surface area contributed by atoms with Gasteiger partial charge >= 0.3 is 0 Å². The van der Waals surface area contributed by atoms with Crippen LogP contribution in [0.1, 0.15) is 10.4 Å². The third-order valence-corrected chi connectivity index (χ3v) is 4.71. The molecule has 2 aromatic carbocycles. The molecule has 20 heavy (non-hydrogen) atoms. The number of halogens is 4. The standard InChI is InChI=1S/C14H8BrCl2IO2/c15-10-5-12(17)14(6-11(10)16)20-7-13(19)8-1-3-9(18)4-2-8/h1-6H,7H2. The molecular formula is C14H8BrCl2IO2. The van der Waals surface area contributed by atoms with Crippen molar-refractivity contribution >= 4 is 67.5 Å². The van der Waals surface area contributed by atoms with Gasteiger partial charge in [-0.1, -0.05) is 35.3 Å². The molecule has 0 aliphatic rings. The van der Waals surface area contributed by atoms with Crippen molar-refractivity contribution in [2.75, 3.05) is 6.61 Å². The van der Waals surface area contributed by atoms with Crippen LogP contribution in [0, 0.1) is 3.57 Å². The van der Waals surface area contributed by atoms with Crippen molar-refractivity contribution in [2.24, 2.45) is 0 Å². The molecular weight excluding hydrogens is 478 g/mol. The highest BCUT2D eigenvalue weighted by molar-refractivity contribution is 14.1. The lowest BCUT2D eigenvalue weighted by molar-refractivity contribution is 0.0921. The van der Waals surface area contributed by atoms with Crippen molar-refractivity contribution in [1.29, 1.82) is 0 Å². The SMILES string of the molecule is O=C(COc1cc(Cl)c(Br)cc1Cl)c1ccc(I)cc1. The van der Waals surface area contributed by atoms with E-state index in [0.29, 0.717) is 25.8 Å². The molecule has 0 aliphatic carbocycles. The summed E-state index contributed by atoms with van der Waals surface area (Å²) in [6, 6.07) is 10.5. The van der Waals surface area contributed by atoms with Gasteiger partial charge in [0.05, 0.1) is 10.0 Å². The molecule has 6 heteroatoms. The van der Waals surface area contributed by atoms with Crippen LogP contribution in [0.4, 0.5) is 0 Å². The Morgan fingerprint density at radius 2 is 1.80 bits per heavy atom. The van der Waals surface area contributed by atoms with Gasteiger partial charge in [0, 0.05) is 19.7 Å². The fourth-order valence-corrected chi connectivity index (χ4v) is 2.68. The Labute approximate surface area is 148 Å². The summed E-state index contributed by atoms with van der Waals surface area (Å²) < 4.78 is 7.18. The van der Waals surface area contributed by atoms with Crippen molar-refractivity contribution in [2.45, 2.75) is 0 Å². The Hall–Kier alpha value is -0.300. The second kappa shape index (κ2) is 7.11. The highest BCUT2D eigenvalue weighted by atomic mass is 127. The molecule has 0 saturated heterocycles. The molecule has 104 valence electrons. The van der Waals surface area contributed by atoms with E-state index in [4.69, 9.17) is 27.9 Å². The Morgan fingerprint density at radius 3 is 2.45 bits per heavy atom. The first-order chi connectivity index (χ1) is 9.47. The van der Waals surface area contributed by atoms with E-state index in [2.05, 4.69) is 38.5 Å². The molecule has 0 heterocycles. The topological polar surface area (TPSA) is 26.3 Å². The average molecular weight is 486 g/mol. The lowest BCUT2D eigenvalue weighted by atomic mass is 10.1. The average Bonchev–Trinajstić information content (AvgIpc) is 2.42. The highest BCUT2D eigenvalue weighted by Crippen LogP contribution is 2.34. The van der Waals surface area contributed by atoms with Gasteiger partial charge in [0.1, 0.15) is 5.75 Å². The van der Waals surface area contributed by atoms with E-state index in [1.54, 1.807) is 24.3 Å². The van der Waals surface area contributed by atoms with Crippen LogP contribution in [0.25, 0.3) is 0 Å². The summed E-state index contributed by atoms with van der Waals surface area (Å²) in [7, 11) is 0. The number of Topliss-reactive ketones (excluding diaryl/α,β-unsaturated/α-hetero) is 1. The molecule has 0 atom stereocenters. The zero-order valence-corrected chi connectivity index (χ0v) is 15.3. The fourth-order valence-electron chi connectivity index (χ4n) is 1.48. The second-order valence-electron chi connectivity index (χ2n) is 3.92. The monoisotopic (exact) mass is 484 g/mol. The molecule has 0 fully saturated rings. The first kappa shape index (κ1) is 16.1. The molecule has 0 radical (unpaired) electrons. The maximum Gasteiger partial charge on any atom is 0.200 e. The van der Waals surface area contributed by atoms with Gasteiger partial charge < -0.3 is 4.74 Å². The van der Waals surface area contributed by atoms with E-state index < -0.39 is 0 Å². The van der Waals surface area contributed by atoms with Gasteiger partial charge in [0.25, 0.3) is 0 Å². The van der Waals surface area contributed by atoms with Gasteiger partial charge in [-0.15, -0.1) is 0 Å². The van der Waals surface area contributed by atoms with Crippen LogP contribution in [0.5, 0.6) is 5.75 Å². The summed E-state index contributed by atoms with van der Waals surface area (Å²) in [6.45, 7) is -0.0850. The summed E-state index contributed by atoms with van der Waals surface area (Å²) in [4.78, 5) is 12.0. The summed E-state index contributed by atoms with van der Waals surface area (Å²) >= 11 is 17.4. The van der Waals surface area contributed by atoms with Crippen LogP contribution < -0.4 is 4.74 Å². The number of carbonyl (C=O) groups is 1. The lowest BCUT2D eigenvalue weighted by Crippen LogP contribution is -2.11. The van der Waals surface area contributed by atoms with Gasteiger partial charge in [0.2, 0.25) is 0 Å². The van der Waals surface area contributed by atoms with Crippen LogP contribution in [0.3, 0.4) is 0 Å². The third kappa shape index (κ3) is 4.10. The smallest absolute Gasteiger partial charge is 0.200 e. The van der Waals surface area contributed by atoms with E-state index in [1.165, 1.54) is 0 Å². The van der Waals surface area contributed by atoms with E-state index in [0.717, 1.165) is 3.57 Å². The van der Waals surface area contributed by atoms with Gasteiger partial charge in [0.15, 0.2) is 12.4 Å². The number of ether oxygens (including phenoxy) is 1. The van der Waals surface area contributed by atoms with Crippen molar-refractivity contribution in [3.63, 3.8) is 0 Å². The molecule has 0 spiro atoms. The van der Waals surface area contributed by atoms with Crippen LogP contribution in [-0.4, -0.2) is 12.4 Å². The normalized spacial score (nSPS) is 10.4. The summed E-state index contributed by atoms with van der Waals surface area (Å²) in [5, 5.41) is 0.878. The van der Waals surface area contributed by atoms with Crippen LogP contribution in [0.2, 0.25) is 10.0 Å².